The molecule has 2 rings (SSSR count). The highest BCUT2D eigenvalue weighted by atomic mass is 19.1. The Hall–Kier alpha value is -1.88. The molecule has 2 N–H and O–H groups in total. The maximum Gasteiger partial charge on any atom is 0.301 e. The van der Waals surface area contributed by atoms with Crippen molar-refractivity contribution in [3.05, 3.63) is 42.0 Å². The molecule has 0 saturated heterocycles. The van der Waals surface area contributed by atoms with E-state index in [1.54, 1.807) is 36.1 Å². The fourth-order valence-electron chi connectivity index (χ4n) is 1.30. The van der Waals surface area contributed by atoms with Gasteiger partial charge in [-0.3, -0.25) is 0 Å². The number of hydrogen-bond acceptors (Lipinski definition) is 3. The summed E-state index contributed by atoms with van der Waals surface area (Å²) in [5.74, 6) is -0.294. The van der Waals surface area contributed by atoms with Gasteiger partial charge >= 0.3 is 6.01 Å². The van der Waals surface area contributed by atoms with Gasteiger partial charge in [0.1, 0.15) is 0 Å². The molecule has 16 heavy (non-hydrogen) atoms. The maximum atomic E-state index is 13.5. The Kier molecular flexibility index (Phi) is 2.87. The van der Waals surface area contributed by atoms with Gasteiger partial charge in [-0.25, -0.2) is 9.37 Å². The molecule has 1 aromatic carbocycles. The average Bonchev–Trinajstić information content (AvgIpc) is 2.67. The Morgan fingerprint density at radius 3 is 2.88 bits per heavy atom. The molecule has 0 spiro atoms. The Balaban J connectivity index is 2.25. The van der Waals surface area contributed by atoms with Crippen molar-refractivity contribution in [1.29, 1.82) is 0 Å². The summed E-state index contributed by atoms with van der Waals surface area (Å²) in [6.07, 6.45) is 3.31. The van der Waals surface area contributed by atoms with Crippen LogP contribution in [-0.4, -0.2) is 9.55 Å². The first-order valence-electron chi connectivity index (χ1n) is 4.84. The summed E-state index contributed by atoms with van der Waals surface area (Å²) < 4.78 is 20.5. The van der Waals surface area contributed by atoms with Crippen LogP contribution in [0.25, 0.3) is 0 Å². The first kappa shape index (κ1) is 10.6. The van der Waals surface area contributed by atoms with E-state index in [2.05, 4.69) is 4.98 Å². The molecule has 0 amide bonds. The van der Waals surface area contributed by atoms with Gasteiger partial charge in [-0.15, -0.1) is 0 Å². The van der Waals surface area contributed by atoms with E-state index in [9.17, 15) is 4.39 Å². The molecule has 4 nitrogen and oxygen atoms in total. The van der Waals surface area contributed by atoms with Crippen LogP contribution in [0, 0.1) is 5.82 Å². The molecule has 0 aliphatic rings. The van der Waals surface area contributed by atoms with Crippen LogP contribution in [-0.2, 0) is 13.6 Å². The number of hydrogen-bond donors (Lipinski definition) is 1. The summed E-state index contributed by atoms with van der Waals surface area (Å²) in [5, 5.41) is 0. The van der Waals surface area contributed by atoms with Crippen LogP contribution in [0.1, 0.15) is 5.56 Å². The summed E-state index contributed by atoms with van der Waals surface area (Å²) >= 11 is 0. The standard InChI is InChI=1S/C11H12FN3O/c1-15-5-4-14-11(15)16-10-3-2-8(7-13)6-9(10)12/h2-6H,7,13H2,1H3. The molecule has 0 bridgehead atoms. The van der Waals surface area contributed by atoms with Crippen molar-refractivity contribution in [1.82, 2.24) is 9.55 Å². The Morgan fingerprint density at radius 2 is 2.31 bits per heavy atom. The van der Waals surface area contributed by atoms with E-state index in [4.69, 9.17) is 10.5 Å². The van der Waals surface area contributed by atoms with E-state index in [1.165, 1.54) is 6.07 Å². The Bertz CT molecular complexity index is 496. The topological polar surface area (TPSA) is 53.1 Å². The lowest BCUT2D eigenvalue weighted by Gasteiger charge is -2.06. The minimum Gasteiger partial charge on any atom is -0.422 e. The van der Waals surface area contributed by atoms with Gasteiger partial charge in [-0.2, -0.15) is 0 Å². The monoisotopic (exact) mass is 221 g/mol. The lowest BCUT2D eigenvalue weighted by Crippen LogP contribution is -1.99. The highest BCUT2D eigenvalue weighted by molar-refractivity contribution is 5.31. The zero-order valence-corrected chi connectivity index (χ0v) is 8.85. The number of halogens is 1. The fourth-order valence-corrected chi connectivity index (χ4v) is 1.30. The van der Waals surface area contributed by atoms with Crippen molar-refractivity contribution in [2.45, 2.75) is 6.54 Å². The third kappa shape index (κ3) is 2.04. The number of benzene rings is 1. The lowest BCUT2D eigenvalue weighted by molar-refractivity contribution is 0.397. The molecule has 1 heterocycles. The number of nitrogens with two attached hydrogens (primary N) is 1. The summed E-state index contributed by atoms with van der Waals surface area (Å²) in [4.78, 5) is 3.94. The molecule has 0 unspecified atom stereocenters. The SMILES string of the molecule is Cn1ccnc1Oc1ccc(CN)cc1F. The summed E-state index contributed by atoms with van der Waals surface area (Å²) in [5.41, 5.74) is 6.13. The van der Waals surface area contributed by atoms with Crippen LogP contribution in [0.5, 0.6) is 11.8 Å². The van der Waals surface area contributed by atoms with Gasteiger partial charge in [0.05, 0.1) is 0 Å². The number of aryl methyl sites for hydroxylation is 1. The third-order valence-electron chi connectivity index (χ3n) is 2.21. The Labute approximate surface area is 92.5 Å². The molecule has 1 aromatic heterocycles. The number of aromatic nitrogens is 2. The number of imidazole rings is 1. The minimum atomic E-state index is -0.439. The Morgan fingerprint density at radius 1 is 1.50 bits per heavy atom. The van der Waals surface area contributed by atoms with Gasteiger partial charge in [0.15, 0.2) is 11.6 Å². The first-order chi connectivity index (χ1) is 7.70. The molecular weight excluding hydrogens is 209 g/mol. The zero-order valence-electron chi connectivity index (χ0n) is 8.85. The molecule has 0 fully saturated rings. The second-order valence-electron chi connectivity index (χ2n) is 3.39. The van der Waals surface area contributed by atoms with Crippen molar-refractivity contribution in [3.8, 4) is 11.8 Å². The van der Waals surface area contributed by atoms with E-state index in [1.807, 2.05) is 0 Å². The van der Waals surface area contributed by atoms with Gasteiger partial charge in [-0.05, 0) is 17.7 Å². The van der Waals surface area contributed by atoms with E-state index in [-0.39, 0.29) is 5.75 Å². The number of nitrogens with zero attached hydrogens (tertiary/aromatic N) is 2. The molecule has 0 aliphatic carbocycles. The van der Waals surface area contributed by atoms with Crippen LogP contribution in [0.15, 0.2) is 30.6 Å². The largest absolute Gasteiger partial charge is 0.422 e. The van der Waals surface area contributed by atoms with E-state index < -0.39 is 5.82 Å². The van der Waals surface area contributed by atoms with Gasteiger partial charge in [0, 0.05) is 26.0 Å². The molecule has 0 radical (unpaired) electrons. The van der Waals surface area contributed by atoms with Gasteiger partial charge in [0.25, 0.3) is 0 Å². The molecule has 0 saturated carbocycles. The maximum absolute atomic E-state index is 13.5. The fraction of sp³-hybridized carbons (Fsp3) is 0.182. The first-order valence-corrected chi connectivity index (χ1v) is 4.84. The summed E-state index contributed by atoms with van der Waals surface area (Å²) in [6, 6.07) is 4.98. The molecule has 0 aliphatic heterocycles. The third-order valence-corrected chi connectivity index (χ3v) is 2.21. The minimum absolute atomic E-state index is 0.145. The van der Waals surface area contributed by atoms with Crippen LogP contribution < -0.4 is 10.5 Å². The van der Waals surface area contributed by atoms with E-state index >= 15 is 0 Å². The zero-order chi connectivity index (χ0) is 11.5. The van der Waals surface area contributed by atoms with E-state index in [0.717, 1.165) is 5.56 Å². The summed E-state index contributed by atoms with van der Waals surface area (Å²) in [6.45, 7) is 0.305. The van der Waals surface area contributed by atoms with Crippen LogP contribution in [0.4, 0.5) is 4.39 Å². The predicted molar refractivity (Wildman–Crippen MR) is 57.6 cm³/mol. The van der Waals surface area contributed by atoms with Crippen molar-refractivity contribution in [2.75, 3.05) is 0 Å². The van der Waals surface area contributed by atoms with Gasteiger partial charge in [-0.1, -0.05) is 6.07 Å². The highest BCUT2D eigenvalue weighted by Crippen LogP contribution is 2.23. The molecular formula is C11H12FN3O. The predicted octanol–water partition coefficient (Wildman–Crippen LogP) is 1.81. The van der Waals surface area contributed by atoms with Crippen molar-refractivity contribution in [2.24, 2.45) is 12.8 Å². The van der Waals surface area contributed by atoms with Crippen molar-refractivity contribution >= 4 is 0 Å². The number of rotatable bonds is 3. The lowest BCUT2D eigenvalue weighted by atomic mass is 10.2. The number of ether oxygens (including phenoxy) is 1. The van der Waals surface area contributed by atoms with Crippen molar-refractivity contribution in [3.63, 3.8) is 0 Å². The second-order valence-corrected chi connectivity index (χ2v) is 3.39. The van der Waals surface area contributed by atoms with Crippen LogP contribution in [0.2, 0.25) is 0 Å². The second kappa shape index (κ2) is 4.32. The molecule has 0 atom stereocenters. The van der Waals surface area contributed by atoms with Crippen molar-refractivity contribution < 1.29 is 9.13 Å². The quantitative estimate of drug-likeness (QED) is 0.860. The average molecular weight is 221 g/mol. The van der Waals surface area contributed by atoms with Gasteiger partial charge < -0.3 is 15.0 Å². The van der Waals surface area contributed by atoms with E-state index in [0.29, 0.717) is 12.6 Å². The molecule has 5 heteroatoms. The smallest absolute Gasteiger partial charge is 0.301 e. The molecule has 84 valence electrons. The van der Waals surface area contributed by atoms with Gasteiger partial charge in [0.2, 0.25) is 0 Å². The van der Waals surface area contributed by atoms with Crippen LogP contribution in [0.3, 0.4) is 0 Å². The summed E-state index contributed by atoms with van der Waals surface area (Å²) in [7, 11) is 1.77. The van der Waals surface area contributed by atoms with Crippen LogP contribution >= 0.6 is 0 Å². The molecule has 2 aromatic rings. The normalized spacial score (nSPS) is 10.4. The highest BCUT2D eigenvalue weighted by Gasteiger charge is 2.08.